The van der Waals surface area contributed by atoms with Crippen LogP contribution in [0.3, 0.4) is 0 Å². The summed E-state index contributed by atoms with van der Waals surface area (Å²) in [4.78, 5) is 0. The highest BCUT2D eigenvalue weighted by atomic mass is 79.9. The van der Waals surface area contributed by atoms with Gasteiger partial charge in [0.15, 0.2) is 0 Å². The van der Waals surface area contributed by atoms with Crippen molar-refractivity contribution < 1.29 is 9.05 Å². The lowest BCUT2D eigenvalue weighted by Crippen LogP contribution is -2.09. The second-order valence-corrected chi connectivity index (χ2v) is 13.8. The summed E-state index contributed by atoms with van der Waals surface area (Å²) in [6, 6.07) is 6.13. The molecule has 0 atom stereocenters. The second-order valence-electron chi connectivity index (χ2n) is 6.90. The molecule has 0 aliphatic heterocycles. The smallest absolute Gasteiger partial charge is 0.128 e. The van der Waals surface area contributed by atoms with E-state index in [2.05, 4.69) is 71.3 Å². The van der Waals surface area contributed by atoms with Gasteiger partial charge in [-0.15, -0.1) is 0 Å². The third-order valence-electron chi connectivity index (χ3n) is 3.30. The molecular weight excluding hydrogens is 390 g/mol. The van der Waals surface area contributed by atoms with E-state index in [1.54, 1.807) is 0 Å². The van der Waals surface area contributed by atoms with E-state index in [0.29, 0.717) is 22.6 Å². The molecule has 0 fully saturated rings. The van der Waals surface area contributed by atoms with Crippen LogP contribution in [0, 0.1) is 0 Å². The average Bonchev–Trinajstić information content (AvgIpc) is 2.40. The Morgan fingerprint density at radius 1 is 0.652 bits per heavy atom. The third kappa shape index (κ3) is 6.89. The van der Waals surface area contributed by atoms with Gasteiger partial charge in [0.05, 0.1) is 16.3 Å². The summed E-state index contributed by atoms with van der Waals surface area (Å²) in [5.74, 6) is 1.82. The standard InChI is InChI=1S/C18H31BrO2P2/c1-12(2)22(13(3)4)20-17-9-16(19)10-18(11-17)21-23(14(5)6)15(7)8/h9-15H,1-8H3. The van der Waals surface area contributed by atoms with Crippen molar-refractivity contribution >= 4 is 32.2 Å². The molecule has 132 valence electrons. The highest BCUT2D eigenvalue weighted by Gasteiger charge is 2.22. The molecule has 0 heterocycles. The maximum Gasteiger partial charge on any atom is 0.128 e. The molecule has 23 heavy (non-hydrogen) atoms. The lowest BCUT2D eigenvalue weighted by atomic mass is 10.3. The summed E-state index contributed by atoms with van der Waals surface area (Å²) in [6.45, 7) is 17.9. The van der Waals surface area contributed by atoms with Crippen molar-refractivity contribution in [1.82, 2.24) is 0 Å². The van der Waals surface area contributed by atoms with Gasteiger partial charge in [-0.1, -0.05) is 71.3 Å². The quantitative estimate of drug-likeness (QED) is 0.402. The fourth-order valence-corrected chi connectivity index (χ4v) is 6.88. The lowest BCUT2D eigenvalue weighted by Gasteiger charge is -2.27. The predicted molar refractivity (Wildman–Crippen MR) is 110 cm³/mol. The van der Waals surface area contributed by atoms with Crippen molar-refractivity contribution in [3.8, 4) is 11.5 Å². The SMILES string of the molecule is CC(C)P(Oc1cc(Br)cc(OP(C(C)C)C(C)C)c1)C(C)C. The van der Waals surface area contributed by atoms with Crippen LogP contribution in [0.15, 0.2) is 22.7 Å². The number of hydrogen-bond acceptors (Lipinski definition) is 2. The molecule has 0 aliphatic carbocycles. The Hall–Kier alpha value is 0.160. The monoisotopic (exact) mass is 420 g/mol. The first-order chi connectivity index (χ1) is 10.6. The molecule has 0 spiro atoms. The van der Waals surface area contributed by atoms with E-state index in [9.17, 15) is 0 Å². The van der Waals surface area contributed by atoms with Gasteiger partial charge >= 0.3 is 0 Å². The summed E-state index contributed by atoms with van der Waals surface area (Å²) >= 11 is 3.60. The van der Waals surface area contributed by atoms with Crippen molar-refractivity contribution in [2.24, 2.45) is 0 Å². The van der Waals surface area contributed by atoms with Gasteiger partial charge in [0, 0.05) is 33.2 Å². The number of rotatable bonds is 8. The van der Waals surface area contributed by atoms with Crippen LogP contribution in [-0.2, 0) is 0 Å². The van der Waals surface area contributed by atoms with Crippen molar-refractivity contribution in [3.05, 3.63) is 22.7 Å². The minimum absolute atomic E-state index is 0.496. The van der Waals surface area contributed by atoms with Crippen LogP contribution in [0.1, 0.15) is 55.4 Å². The minimum Gasteiger partial charge on any atom is -0.473 e. The molecule has 5 heteroatoms. The summed E-state index contributed by atoms with van der Waals surface area (Å²) in [5.41, 5.74) is 2.15. The van der Waals surface area contributed by atoms with Gasteiger partial charge < -0.3 is 9.05 Å². The summed E-state index contributed by atoms with van der Waals surface area (Å²) in [7, 11) is -0.992. The zero-order valence-electron chi connectivity index (χ0n) is 15.6. The Balaban J connectivity index is 2.99. The first-order valence-electron chi connectivity index (χ1n) is 8.35. The van der Waals surface area contributed by atoms with E-state index >= 15 is 0 Å². The van der Waals surface area contributed by atoms with Crippen molar-refractivity contribution in [2.45, 2.75) is 78.0 Å². The molecule has 0 radical (unpaired) electrons. The molecule has 1 rings (SSSR count). The van der Waals surface area contributed by atoms with Gasteiger partial charge in [-0.3, -0.25) is 0 Å². The van der Waals surface area contributed by atoms with Gasteiger partial charge in [-0.05, 0) is 12.1 Å². The average molecular weight is 421 g/mol. The molecule has 0 aromatic heterocycles. The van der Waals surface area contributed by atoms with Gasteiger partial charge in [-0.2, -0.15) is 0 Å². The molecule has 0 saturated carbocycles. The predicted octanol–water partition coefficient (Wildman–Crippen LogP) is 7.63. The van der Waals surface area contributed by atoms with E-state index in [4.69, 9.17) is 9.05 Å². The van der Waals surface area contributed by atoms with E-state index in [1.165, 1.54) is 0 Å². The van der Waals surface area contributed by atoms with Crippen molar-refractivity contribution in [2.75, 3.05) is 0 Å². The largest absolute Gasteiger partial charge is 0.473 e. The third-order valence-corrected chi connectivity index (χ3v) is 8.68. The van der Waals surface area contributed by atoms with Crippen molar-refractivity contribution in [1.29, 1.82) is 0 Å². The first kappa shape index (κ1) is 21.2. The number of hydrogen-bond donors (Lipinski definition) is 0. The van der Waals surface area contributed by atoms with Gasteiger partial charge in [0.25, 0.3) is 0 Å². The van der Waals surface area contributed by atoms with Crippen LogP contribution in [-0.4, -0.2) is 22.6 Å². The number of halogens is 1. The molecule has 0 aliphatic rings. The van der Waals surface area contributed by atoms with E-state index < -0.39 is 16.3 Å². The normalized spacial score (nSPS) is 12.3. The topological polar surface area (TPSA) is 18.5 Å². The van der Waals surface area contributed by atoms with Crippen LogP contribution in [0.5, 0.6) is 11.5 Å². The maximum absolute atomic E-state index is 6.32. The molecule has 1 aromatic carbocycles. The van der Waals surface area contributed by atoms with Gasteiger partial charge in [0.1, 0.15) is 11.5 Å². The summed E-state index contributed by atoms with van der Waals surface area (Å²) in [6.07, 6.45) is 0. The summed E-state index contributed by atoms with van der Waals surface area (Å²) < 4.78 is 13.7. The van der Waals surface area contributed by atoms with Crippen molar-refractivity contribution in [3.63, 3.8) is 0 Å². The number of benzene rings is 1. The molecule has 0 unspecified atom stereocenters. The van der Waals surface area contributed by atoms with E-state index in [-0.39, 0.29) is 0 Å². The fraction of sp³-hybridized carbons (Fsp3) is 0.667. The van der Waals surface area contributed by atoms with Crippen LogP contribution >= 0.6 is 32.2 Å². The fourth-order valence-electron chi connectivity index (χ4n) is 2.50. The van der Waals surface area contributed by atoms with Crippen LogP contribution in [0.2, 0.25) is 0 Å². The lowest BCUT2D eigenvalue weighted by molar-refractivity contribution is 0.567. The Morgan fingerprint density at radius 3 is 1.22 bits per heavy atom. The molecule has 0 saturated heterocycles. The molecule has 2 nitrogen and oxygen atoms in total. The molecule has 0 N–H and O–H groups in total. The van der Waals surface area contributed by atoms with E-state index in [1.807, 2.05) is 18.2 Å². The Morgan fingerprint density at radius 2 is 0.957 bits per heavy atom. The van der Waals surface area contributed by atoms with Crippen LogP contribution in [0.4, 0.5) is 0 Å². The zero-order chi connectivity index (χ0) is 17.7. The molecule has 0 bridgehead atoms. The zero-order valence-corrected chi connectivity index (χ0v) is 19.0. The molecule has 1 aromatic rings. The molecule has 0 amide bonds. The van der Waals surface area contributed by atoms with Crippen LogP contribution in [0.25, 0.3) is 0 Å². The van der Waals surface area contributed by atoms with E-state index in [0.717, 1.165) is 16.0 Å². The molecular formula is C18H31BrO2P2. The Kier molecular flexibility index (Phi) is 8.84. The highest BCUT2D eigenvalue weighted by Crippen LogP contribution is 2.50. The highest BCUT2D eigenvalue weighted by molar-refractivity contribution is 9.10. The second kappa shape index (κ2) is 9.59. The minimum atomic E-state index is -0.496. The summed E-state index contributed by atoms with van der Waals surface area (Å²) in [5, 5.41) is 0. The Bertz CT molecular complexity index is 434. The Labute approximate surface area is 153 Å². The van der Waals surface area contributed by atoms with Crippen LogP contribution < -0.4 is 9.05 Å². The maximum atomic E-state index is 6.32. The van der Waals surface area contributed by atoms with Gasteiger partial charge in [0.2, 0.25) is 0 Å². The first-order valence-corrected chi connectivity index (χ1v) is 11.9. The van der Waals surface area contributed by atoms with Gasteiger partial charge in [-0.25, -0.2) is 0 Å².